The number of likely N-dealkylation sites (tertiary alicyclic amines) is 1. The molecule has 0 radical (unpaired) electrons. The van der Waals surface area contributed by atoms with Crippen LogP contribution < -0.4 is 10.1 Å². The summed E-state index contributed by atoms with van der Waals surface area (Å²) in [5, 5.41) is 7.08. The van der Waals surface area contributed by atoms with Crippen LogP contribution >= 0.6 is 0 Å². The SMILES string of the molecule is [2H]C([2H])([2H])Oc1nc(N[C@@H]2CCN(C3COC3)C[C@@H]2F)nn2cc(F)c(-c3cc(F)c4nc(C)n(CC(F)F)c4c3)c12. The smallest absolute Gasteiger partial charge is 0.256 e. The van der Waals surface area contributed by atoms with Crippen LogP contribution in [0.2, 0.25) is 0 Å². The fourth-order valence-electron chi connectivity index (χ4n) is 5.26. The minimum absolute atomic E-state index is 0.00663. The lowest BCUT2D eigenvalue weighted by Crippen LogP contribution is -2.57. The van der Waals surface area contributed by atoms with Crippen molar-refractivity contribution in [3.8, 4) is 17.0 Å². The highest BCUT2D eigenvalue weighted by atomic mass is 19.3. The Hall–Kier alpha value is -3.52. The zero-order chi connectivity index (χ0) is 29.9. The van der Waals surface area contributed by atoms with Gasteiger partial charge in [-0.3, -0.25) is 4.90 Å². The standard InChI is InChI=1S/C25H26F5N7O2/c1-12-31-22-15(26)5-13(6-19(22)36(12)9-20(29)30)21-17(28)8-37-23(21)24(38-2)33-25(34-37)32-18-3-4-35(7-16(18)27)14-10-39-11-14/h5-6,8,14,16,18,20H,3-4,7,9-11H2,1-2H3,(H,32,34)/t16-,18+/m0/s1/i2D3. The number of halogens is 5. The van der Waals surface area contributed by atoms with Crippen molar-refractivity contribution in [2.24, 2.45) is 0 Å². The average Bonchev–Trinajstić information content (AvgIpc) is 3.35. The van der Waals surface area contributed by atoms with Crippen LogP contribution in [0.4, 0.5) is 27.9 Å². The maximum atomic E-state index is 15.5. The summed E-state index contributed by atoms with van der Waals surface area (Å²) in [7, 11) is -3.02. The van der Waals surface area contributed by atoms with E-state index in [1.165, 1.54) is 13.0 Å². The quantitative estimate of drug-likeness (QED) is 0.348. The Balaban J connectivity index is 1.41. The van der Waals surface area contributed by atoms with Crippen LogP contribution in [-0.2, 0) is 11.3 Å². The second-order valence-electron chi connectivity index (χ2n) is 9.72. The molecule has 14 heteroatoms. The fourth-order valence-corrected chi connectivity index (χ4v) is 5.26. The number of aryl methyl sites for hydroxylation is 1. The van der Waals surface area contributed by atoms with Crippen LogP contribution in [0.1, 0.15) is 16.4 Å². The Morgan fingerprint density at radius 3 is 2.74 bits per heavy atom. The topological polar surface area (TPSA) is 81.7 Å². The molecule has 208 valence electrons. The predicted molar refractivity (Wildman–Crippen MR) is 132 cm³/mol. The van der Waals surface area contributed by atoms with Crippen LogP contribution in [-0.4, -0.2) is 87.1 Å². The number of ether oxygens (including phenoxy) is 2. The summed E-state index contributed by atoms with van der Waals surface area (Å²) in [5.74, 6) is -2.48. The van der Waals surface area contributed by atoms with E-state index in [2.05, 4.69) is 20.4 Å². The van der Waals surface area contributed by atoms with Crippen molar-refractivity contribution < 1.29 is 35.5 Å². The fraction of sp³-hybridized carbons (Fsp3) is 0.480. The summed E-state index contributed by atoms with van der Waals surface area (Å²) in [6.07, 6.45) is -2.76. The third-order valence-corrected chi connectivity index (χ3v) is 7.28. The van der Waals surface area contributed by atoms with E-state index in [0.717, 1.165) is 21.3 Å². The predicted octanol–water partition coefficient (Wildman–Crippen LogP) is 3.83. The summed E-state index contributed by atoms with van der Waals surface area (Å²) in [6.45, 7) is 2.52. The summed E-state index contributed by atoms with van der Waals surface area (Å²) in [5.41, 5.74) is -0.858. The van der Waals surface area contributed by atoms with E-state index in [1.807, 2.05) is 4.90 Å². The second-order valence-corrected chi connectivity index (χ2v) is 9.72. The number of hydrogen-bond donors (Lipinski definition) is 1. The highest BCUT2D eigenvalue weighted by molar-refractivity contribution is 5.90. The molecule has 2 saturated heterocycles. The molecule has 0 aliphatic carbocycles. The van der Waals surface area contributed by atoms with Gasteiger partial charge >= 0.3 is 0 Å². The van der Waals surface area contributed by atoms with Crippen molar-refractivity contribution in [1.29, 1.82) is 0 Å². The van der Waals surface area contributed by atoms with Gasteiger partial charge in [0.1, 0.15) is 23.0 Å². The molecule has 4 aromatic rings. The summed E-state index contributed by atoms with van der Waals surface area (Å²) >= 11 is 0. The molecule has 39 heavy (non-hydrogen) atoms. The number of anilines is 1. The van der Waals surface area contributed by atoms with E-state index in [1.54, 1.807) is 0 Å². The van der Waals surface area contributed by atoms with Gasteiger partial charge < -0.3 is 19.4 Å². The van der Waals surface area contributed by atoms with Crippen LogP contribution in [0, 0.1) is 18.6 Å². The number of fused-ring (bicyclic) bond motifs is 2. The minimum atomic E-state index is -3.02. The molecule has 5 heterocycles. The maximum Gasteiger partial charge on any atom is 0.256 e. The first kappa shape index (κ1) is 22.3. The highest BCUT2D eigenvalue weighted by Gasteiger charge is 2.36. The van der Waals surface area contributed by atoms with Crippen LogP contribution in [0.25, 0.3) is 27.7 Å². The number of rotatable bonds is 7. The molecule has 0 spiro atoms. The van der Waals surface area contributed by atoms with Crippen molar-refractivity contribution in [3.05, 3.63) is 35.8 Å². The lowest BCUT2D eigenvalue weighted by molar-refractivity contribution is -0.0794. The van der Waals surface area contributed by atoms with Gasteiger partial charge in [-0.1, -0.05) is 0 Å². The molecule has 9 nitrogen and oxygen atoms in total. The van der Waals surface area contributed by atoms with E-state index in [4.69, 9.17) is 13.6 Å². The van der Waals surface area contributed by atoms with E-state index in [-0.39, 0.29) is 52.0 Å². The Kier molecular flexibility index (Phi) is 5.66. The number of nitrogens with zero attached hydrogens (tertiary/aromatic N) is 6. The van der Waals surface area contributed by atoms with E-state index < -0.39 is 49.7 Å². The van der Waals surface area contributed by atoms with Crippen LogP contribution in [0.15, 0.2) is 18.3 Å². The molecule has 2 atom stereocenters. The monoisotopic (exact) mass is 554 g/mol. The Labute approximate surface area is 223 Å². The Morgan fingerprint density at radius 2 is 2.05 bits per heavy atom. The molecular formula is C25H26F5N7O2. The number of benzene rings is 1. The molecule has 0 saturated carbocycles. The molecule has 1 N–H and O–H groups in total. The van der Waals surface area contributed by atoms with Gasteiger partial charge in [0.15, 0.2) is 11.6 Å². The van der Waals surface area contributed by atoms with Crippen molar-refractivity contribution >= 4 is 22.5 Å². The third kappa shape index (κ3) is 4.54. The average molecular weight is 555 g/mol. The number of alkyl halides is 3. The molecule has 0 amide bonds. The molecule has 3 aromatic heterocycles. The minimum Gasteiger partial charge on any atom is -0.479 e. The van der Waals surface area contributed by atoms with E-state index in [9.17, 15) is 8.78 Å². The van der Waals surface area contributed by atoms with Crippen molar-refractivity contribution in [1.82, 2.24) is 29.0 Å². The lowest BCUT2D eigenvalue weighted by Gasteiger charge is -2.42. The van der Waals surface area contributed by atoms with Crippen molar-refractivity contribution in [3.63, 3.8) is 0 Å². The lowest BCUT2D eigenvalue weighted by atomic mass is 10.0. The Morgan fingerprint density at radius 1 is 1.23 bits per heavy atom. The number of methoxy groups -OCH3 is 1. The first-order valence-electron chi connectivity index (χ1n) is 13.8. The summed E-state index contributed by atoms with van der Waals surface area (Å²) in [6, 6.07) is 1.69. The molecule has 0 unspecified atom stereocenters. The second kappa shape index (κ2) is 9.90. The third-order valence-electron chi connectivity index (χ3n) is 7.28. The Bertz CT molecular complexity index is 1640. The van der Waals surface area contributed by atoms with Gasteiger partial charge in [0.05, 0.1) is 60.3 Å². The van der Waals surface area contributed by atoms with Crippen molar-refractivity contribution in [2.45, 2.75) is 44.6 Å². The first-order valence-corrected chi connectivity index (χ1v) is 12.3. The molecule has 0 bridgehead atoms. The normalized spacial score (nSPS) is 22.2. The summed E-state index contributed by atoms with van der Waals surface area (Å²) < 4.78 is 107. The molecule has 2 fully saturated rings. The largest absolute Gasteiger partial charge is 0.479 e. The summed E-state index contributed by atoms with van der Waals surface area (Å²) in [4.78, 5) is 10.2. The van der Waals surface area contributed by atoms with Gasteiger partial charge in [0.25, 0.3) is 6.43 Å². The molecule has 2 aliphatic rings. The number of nitrogens with one attached hydrogen (secondary N) is 1. The van der Waals surface area contributed by atoms with Crippen molar-refractivity contribution in [2.75, 3.05) is 38.7 Å². The zero-order valence-corrected chi connectivity index (χ0v) is 20.7. The molecular weight excluding hydrogens is 525 g/mol. The first-order chi connectivity index (χ1) is 19.9. The molecule has 6 rings (SSSR count). The highest BCUT2D eigenvalue weighted by Crippen LogP contribution is 2.37. The van der Waals surface area contributed by atoms with Gasteiger partial charge in [-0.05, 0) is 31.0 Å². The van der Waals surface area contributed by atoms with E-state index in [0.29, 0.717) is 26.2 Å². The van der Waals surface area contributed by atoms with Gasteiger partial charge in [-0.2, -0.15) is 4.98 Å². The number of imidazole rings is 1. The number of hydrogen-bond acceptors (Lipinski definition) is 7. The van der Waals surface area contributed by atoms with Crippen LogP contribution in [0.3, 0.4) is 0 Å². The van der Waals surface area contributed by atoms with Gasteiger partial charge in [0, 0.05) is 13.1 Å². The maximum absolute atomic E-state index is 15.5. The van der Waals surface area contributed by atoms with Gasteiger partial charge in [0.2, 0.25) is 11.8 Å². The molecule has 2 aliphatic heterocycles. The van der Waals surface area contributed by atoms with Gasteiger partial charge in [-0.15, -0.1) is 5.10 Å². The van der Waals surface area contributed by atoms with Crippen LogP contribution in [0.5, 0.6) is 5.88 Å². The molecule has 1 aromatic carbocycles. The number of aromatic nitrogens is 5. The zero-order valence-electron chi connectivity index (χ0n) is 23.7. The van der Waals surface area contributed by atoms with Gasteiger partial charge in [-0.25, -0.2) is 31.5 Å². The number of piperidine rings is 1. The van der Waals surface area contributed by atoms with E-state index >= 15 is 13.2 Å².